The molecule has 0 saturated heterocycles. The Kier molecular flexibility index (Phi) is 2.44. The SMILES string of the molecule is Cc1cccc(-c2nnc3n2CCCC3N)c1. The lowest BCUT2D eigenvalue weighted by atomic mass is 10.1. The molecule has 1 aromatic heterocycles. The number of benzene rings is 1. The summed E-state index contributed by atoms with van der Waals surface area (Å²) in [4.78, 5) is 0. The largest absolute Gasteiger partial charge is 0.321 e. The highest BCUT2D eigenvalue weighted by Crippen LogP contribution is 2.27. The molecule has 0 radical (unpaired) electrons. The van der Waals surface area contributed by atoms with Gasteiger partial charge in [0.25, 0.3) is 0 Å². The molecule has 0 spiro atoms. The van der Waals surface area contributed by atoms with Gasteiger partial charge in [0.05, 0.1) is 6.04 Å². The van der Waals surface area contributed by atoms with Crippen LogP contribution in [0.1, 0.15) is 30.3 Å². The molecular weight excluding hydrogens is 212 g/mol. The fourth-order valence-corrected chi connectivity index (χ4v) is 2.41. The maximum Gasteiger partial charge on any atom is 0.164 e. The number of fused-ring (bicyclic) bond motifs is 1. The van der Waals surface area contributed by atoms with Gasteiger partial charge in [-0.1, -0.05) is 23.8 Å². The highest BCUT2D eigenvalue weighted by Gasteiger charge is 2.22. The van der Waals surface area contributed by atoms with Crippen molar-refractivity contribution in [2.75, 3.05) is 0 Å². The van der Waals surface area contributed by atoms with Crippen molar-refractivity contribution < 1.29 is 0 Å². The third-order valence-electron chi connectivity index (χ3n) is 3.28. The summed E-state index contributed by atoms with van der Waals surface area (Å²) in [6.45, 7) is 3.06. The van der Waals surface area contributed by atoms with Gasteiger partial charge in [0, 0.05) is 12.1 Å². The van der Waals surface area contributed by atoms with E-state index in [1.165, 1.54) is 5.56 Å². The van der Waals surface area contributed by atoms with Crippen LogP contribution in [0.5, 0.6) is 0 Å². The van der Waals surface area contributed by atoms with E-state index in [1.807, 2.05) is 0 Å². The Morgan fingerprint density at radius 1 is 1.35 bits per heavy atom. The molecule has 1 aromatic carbocycles. The van der Waals surface area contributed by atoms with Crippen molar-refractivity contribution in [2.24, 2.45) is 5.73 Å². The summed E-state index contributed by atoms with van der Waals surface area (Å²) in [5, 5.41) is 8.52. The van der Waals surface area contributed by atoms with Gasteiger partial charge in [0.1, 0.15) is 5.82 Å². The van der Waals surface area contributed by atoms with Crippen LogP contribution in [0.4, 0.5) is 0 Å². The minimum absolute atomic E-state index is 0.0369. The normalized spacial score (nSPS) is 19.1. The molecule has 2 heterocycles. The zero-order chi connectivity index (χ0) is 11.8. The van der Waals surface area contributed by atoms with Crippen LogP contribution in [0.2, 0.25) is 0 Å². The lowest BCUT2D eigenvalue weighted by Crippen LogP contribution is -2.22. The second kappa shape index (κ2) is 3.96. The van der Waals surface area contributed by atoms with E-state index in [2.05, 4.69) is 46.0 Å². The predicted octanol–water partition coefficient (Wildman–Crippen LogP) is 2.05. The van der Waals surface area contributed by atoms with Gasteiger partial charge in [-0.2, -0.15) is 0 Å². The van der Waals surface area contributed by atoms with Gasteiger partial charge in [0.15, 0.2) is 5.82 Å². The molecule has 0 aliphatic carbocycles. The van der Waals surface area contributed by atoms with Gasteiger partial charge in [-0.3, -0.25) is 0 Å². The van der Waals surface area contributed by atoms with Crippen LogP contribution >= 0.6 is 0 Å². The summed E-state index contributed by atoms with van der Waals surface area (Å²) < 4.78 is 2.16. The zero-order valence-electron chi connectivity index (χ0n) is 9.93. The fourth-order valence-electron chi connectivity index (χ4n) is 2.41. The lowest BCUT2D eigenvalue weighted by Gasteiger charge is -2.20. The van der Waals surface area contributed by atoms with E-state index >= 15 is 0 Å². The van der Waals surface area contributed by atoms with Crippen molar-refractivity contribution in [3.8, 4) is 11.4 Å². The second-order valence-electron chi connectivity index (χ2n) is 4.65. The first-order valence-electron chi connectivity index (χ1n) is 6.01. The van der Waals surface area contributed by atoms with Crippen LogP contribution < -0.4 is 5.73 Å². The maximum atomic E-state index is 6.04. The molecule has 2 N–H and O–H groups in total. The van der Waals surface area contributed by atoms with Crippen molar-refractivity contribution in [1.82, 2.24) is 14.8 Å². The van der Waals surface area contributed by atoms with Gasteiger partial charge >= 0.3 is 0 Å². The minimum Gasteiger partial charge on any atom is -0.321 e. The first kappa shape index (κ1) is 10.5. The zero-order valence-corrected chi connectivity index (χ0v) is 9.93. The van der Waals surface area contributed by atoms with Crippen molar-refractivity contribution >= 4 is 0 Å². The van der Waals surface area contributed by atoms with E-state index in [-0.39, 0.29) is 6.04 Å². The molecule has 1 aliphatic heterocycles. The summed E-state index contributed by atoms with van der Waals surface area (Å²) in [5.74, 6) is 1.87. The smallest absolute Gasteiger partial charge is 0.164 e. The third-order valence-corrected chi connectivity index (χ3v) is 3.28. The quantitative estimate of drug-likeness (QED) is 0.812. The molecular formula is C13H16N4. The second-order valence-corrected chi connectivity index (χ2v) is 4.65. The van der Waals surface area contributed by atoms with E-state index < -0.39 is 0 Å². The fraction of sp³-hybridized carbons (Fsp3) is 0.385. The van der Waals surface area contributed by atoms with E-state index in [1.54, 1.807) is 0 Å². The molecule has 1 atom stereocenters. The van der Waals surface area contributed by atoms with Crippen LogP contribution in [0.15, 0.2) is 24.3 Å². The summed E-state index contributed by atoms with van der Waals surface area (Å²) in [6.07, 6.45) is 2.11. The molecule has 4 heteroatoms. The topological polar surface area (TPSA) is 56.7 Å². The van der Waals surface area contributed by atoms with Gasteiger partial charge in [0.2, 0.25) is 0 Å². The van der Waals surface area contributed by atoms with Crippen LogP contribution in [0.3, 0.4) is 0 Å². The Hall–Kier alpha value is -1.68. The molecule has 1 unspecified atom stereocenters. The molecule has 0 saturated carbocycles. The Morgan fingerprint density at radius 2 is 2.24 bits per heavy atom. The third kappa shape index (κ3) is 1.74. The Labute approximate surface area is 100 Å². The predicted molar refractivity (Wildman–Crippen MR) is 66.4 cm³/mol. The molecule has 1 aliphatic rings. The maximum absolute atomic E-state index is 6.04. The summed E-state index contributed by atoms with van der Waals surface area (Å²) in [5.41, 5.74) is 8.40. The highest BCUT2D eigenvalue weighted by atomic mass is 15.3. The number of aryl methyl sites for hydroxylation is 1. The van der Waals surface area contributed by atoms with Crippen LogP contribution in [0.25, 0.3) is 11.4 Å². The summed E-state index contributed by atoms with van der Waals surface area (Å²) >= 11 is 0. The molecule has 0 fully saturated rings. The number of rotatable bonds is 1. The molecule has 0 amide bonds. The highest BCUT2D eigenvalue weighted by molar-refractivity contribution is 5.56. The molecule has 88 valence electrons. The summed E-state index contributed by atoms with van der Waals surface area (Å²) in [6, 6.07) is 8.38. The average molecular weight is 228 g/mol. The van der Waals surface area contributed by atoms with E-state index in [0.29, 0.717) is 0 Å². The molecule has 0 bridgehead atoms. The Balaban J connectivity index is 2.10. The molecule has 2 aromatic rings. The first-order valence-corrected chi connectivity index (χ1v) is 6.01. The Morgan fingerprint density at radius 3 is 3.06 bits per heavy atom. The van der Waals surface area contributed by atoms with Gasteiger partial charge in [-0.25, -0.2) is 0 Å². The lowest BCUT2D eigenvalue weighted by molar-refractivity contribution is 0.454. The van der Waals surface area contributed by atoms with Gasteiger partial charge < -0.3 is 10.3 Å². The van der Waals surface area contributed by atoms with Crippen molar-refractivity contribution in [1.29, 1.82) is 0 Å². The van der Waals surface area contributed by atoms with E-state index in [9.17, 15) is 0 Å². The molecule has 4 nitrogen and oxygen atoms in total. The van der Waals surface area contributed by atoms with Crippen LogP contribution in [-0.2, 0) is 6.54 Å². The monoisotopic (exact) mass is 228 g/mol. The minimum atomic E-state index is 0.0369. The Bertz CT molecular complexity index is 544. The standard InChI is InChI=1S/C13H16N4/c1-9-4-2-5-10(8-9)12-15-16-13-11(14)6-3-7-17(12)13/h2,4-5,8,11H,3,6-7,14H2,1H3. The van der Waals surface area contributed by atoms with Crippen LogP contribution in [0, 0.1) is 6.92 Å². The van der Waals surface area contributed by atoms with Gasteiger partial charge in [-0.15, -0.1) is 10.2 Å². The average Bonchev–Trinajstić information content (AvgIpc) is 2.74. The van der Waals surface area contributed by atoms with Crippen molar-refractivity contribution in [3.63, 3.8) is 0 Å². The number of hydrogen-bond donors (Lipinski definition) is 1. The molecule has 17 heavy (non-hydrogen) atoms. The van der Waals surface area contributed by atoms with Crippen molar-refractivity contribution in [2.45, 2.75) is 32.4 Å². The van der Waals surface area contributed by atoms with Crippen LogP contribution in [-0.4, -0.2) is 14.8 Å². The number of nitrogens with zero attached hydrogens (tertiary/aromatic N) is 3. The number of nitrogens with two attached hydrogens (primary N) is 1. The van der Waals surface area contributed by atoms with Crippen molar-refractivity contribution in [3.05, 3.63) is 35.7 Å². The molecule has 3 rings (SSSR count). The number of aromatic nitrogens is 3. The van der Waals surface area contributed by atoms with E-state index in [0.717, 1.165) is 36.6 Å². The van der Waals surface area contributed by atoms with E-state index in [4.69, 9.17) is 5.73 Å². The van der Waals surface area contributed by atoms with Gasteiger partial charge in [-0.05, 0) is 25.8 Å². The first-order chi connectivity index (χ1) is 8.25. The summed E-state index contributed by atoms with van der Waals surface area (Å²) in [7, 11) is 0. The number of hydrogen-bond acceptors (Lipinski definition) is 3.